The number of anilines is 1. The summed E-state index contributed by atoms with van der Waals surface area (Å²) in [5, 5.41) is 14.6. The fourth-order valence-corrected chi connectivity index (χ4v) is 2.51. The summed E-state index contributed by atoms with van der Waals surface area (Å²) in [6.07, 6.45) is 0.596. The average molecular weight is 402 g/mol. The van der Waals surface area contributed by atoms with E-state index < -0.39 is 11.6 Å². The van der Waals surface area contributed by atoms with E-state index in [9.17, 15) is 9.59 Å². The molecular weight excluding hydrogens is 376 g/mol. The summed E-state index contributed by atoms with van der Waals surface area (Å²) in [6, 6.07) is 11.9. The van der Waals surface area contributed by atoms with E-state index >= 15 is 0 Å². The molecule has 0 unspecified atom stereocenters. The lowest BCUT2D eigenvalue weighted by Gasteiger charge is -2.21. The third-order valence-corrected chi connectivity index (χ3v) is 4.18. The van der Waals surface area contributed by atoms with Crippen LogP contribution in [0.3, 0.4) is 0 Å². The van der Waals surface area contributed by atoms with Crippen LogP contribution in [0.5, 0.6) is 17.2 Å². The third-order valence-electron chi connectivity index (χ3n) is 4.18. The highest BCUT2D eigenvalue weighted by Crippen LogP contribution is 2.33. The summed E-state index contributed by atoms with van der Waals surface area (Å²) in [5.41, 5.74) is 0.124. The van der Waals surface area contributed by atoms with E-state index in [-0.39, 0.29) is 6.03 Å². The fourth-order valence-electron chi connectivity index (χ4n) is 2.51. The van der Waals surface area contributed by atoms with Gasteiger partial charge in [-0.3, -0.25) is 0 Å². The van der Waals surface area contributed by atoms with Crippen LogP contribution in [0.4, 0.5) is 10.5 Å². The Balaban J connectivity index is 1.87. The molecule has 8 nitrogen and oxygen atoms in total. The molecule has 0 saturated carbocycles. The van der Waals surface area contributed by atoms with E-state index in [0.29, 0.717) is 35.9 Å². The number of aliphatic carboxylic acids is 1. The lowest BCUT2D eigenvalue weighted by atomic mass is 10.1. The lowest BCUT2D eigenvalue weighted by molar-refractivity contribution is -0.152. The van der Waals surface area contributed by atoms with E-state index in [4.69, 9.17) is 19.3 Å². The van der Waals surface area contributed by atoms with Gasteiger partial charge in [-0.2, -0.15) is 0 Å². The van der Waals surface area contributed by atoms with Crippen molar-refractivity contribution in [1.82, 2.24) is 5.32 Å². The number of ether oxygens (including phenoxy) is 3. The van der Waals surface area contributed by atoms with Crippen molar-refractivity contribution in [3.8, 4) is 17.2 Å². The summed E-state index contributed by atoms with van der Waals surface area (Å²) in [7, 11) is 3.03. The van der Waals surface area contributed by atoms with Gasteiger partial charge in [0.05, 0.1) is 14.2 Å². The molecule has 0 radical (unpaired) electrons. The zero-order chi connectivity index (χ0) is 21.4. The molecule has 2 rings (SSSR count). The van der Waals surface area contributed by atoms with Gasteiger partial charge in [0, 0.05) is 6.54 Å². The molecular formula is C21H26N2O6. The molecule has 0 fully saturated rings. The molecule has 0 aliphatic carbocycles. The number of hydrogen-bond acceptors (Lipinski definition) is 5. The number of methoxy groups -OCH3 is 2. The van der Waals surface area contributed by atoms with Crippen molar-refractivity contribution in [2.75, 3.05) is 26.1 Å². The molecule has 156 valence electrons. The van der Waals surface area contributed by atoms with Gasteiger partial charge in [-0.1, -0.05) is 18.2 Å². The molecule has 0 aromatic heterocycles. The third kappa shape index (κ3) is 6.03. The van der Waals surface area contributed by atoms with E-state index in [1.165, 1.54) is 28.1 Å². The van der Waals surface area contributed by atoms with Crippen molar-refractivity contribution in [3.05, 3.63) is 48.0 Å². The van der Waals surface area contributed by atoms with Gasteiger partial charge in [0.25, 0.3) is 0 Å². The van der Waals surface area contributed by atoms with Crippen LogP contribution in [0.15, 0.2) is 42.5 Å². The number of carbonyl (C=O) groups is 2. The first-order valence-corrected chi connectivity index (χ1v) is 9.04. The first-order valence-electron chi connectivity index (χ1n) is 9.04. The highest BCUT2D eigenvalue weighted by Gasteiger charge is 2.29. The maximum absolute atomic E-state index is 12.2. The lowest BCUT2D eigenvalue weighted by Crippen LogP contribution is -2.37. The molecule has 2 amide bonds. The maximum Gasteiger partial charge on any atom is 0.347 e. The Hall–Kier alpha value is -3.42. The molecule has 8 heteroatoms. The molecule has 0 bridgehead atoms. The van der Waals surface area contributed by atoms with Crippen LogP contribution < -0.4 is 24.8 Å². The molecule has 0 saturated heterocycles. The number of hydrogen-bond donors (Lipinski definition) is 3. The number of benzene rings is 2. The van der Waals surface area contributed by atoms with Crippen molar-refractivity contribution >= 4 is 17.7 Å². The van der Waals surface area contributed by atoms with Gasteiger partial charge in [0.2, 0.25) is 0 Å². The molecule has 0 heterocycles. The van der Waals surface area contributed by atoms with Crippen LogP contribution >= 0.6 is 0 Å². The van der Waals surface area contributed by atoms with Crippen molar-refractivity contribution in [3.63, 3.8) is 0 Å². The molecule has 0 aliphatic rings. The van der Waals surface area contributed by atoms with Crippen LogP contribution in [-0.4, -0.2) is 43.5 Å². The van der Waals surface area contributed by atoms with Gasteiger partial charge in [-0.25, -0.2) is 9.59 Å². The summed E-state index contributed by atoms with van der Waals surface area (Å²) in [6.45, 7) is 3.38. The fraction of sp³-hybridized carbons (Fsp3) is 0.333. The first-order chi connectivity index (χ1) is 13.8. The normalized spacial score (nSPS) is 10.8. The number of amides is 2. The Morgan fingerprint density at radius 2 is 1.59 bits per heavy atom. The van der Waals surface area contributed by atoms with Crippen molar-refractivity contribution in [1.29, 1.82) is 0 Å². The second-order valence-electron chi connectivity index (χ2n) is 6.73. The van der Waals surface area contributed by atoms with Crippen LogP contribution in [0.1, 0.15) is 19.4 Å². The smallest absolute Gasteiger partial charge is 0.347 e. The predicted octanol–water partition coefficient (Wildman–Crippen LogP) is 3.31. The van der Waals surface area contributed by atoms with Gasteiger partial charge < -0.3 is 30.0 Å². The van der Waals surface area contributed by atoms with Gasteiger partial charge in [0.15, 0.2) is 5.60 Å². The average Bonchev–Trinajstić information content (AvgIpc) is 2.69. The minimum Gasteiger partial charge on any atom is -0.494 e. The Morgan fingerprint density at radius 1 is 1.00 bits per heavy atom. The maximum atomic E-state index is 12.2. The second kappa shape index (κ2) is 9.68. The SMILES string of the molecule is COc1cccc(OC)c1NC(=O)NCCc1ccc(OC(C)(C)C(=O)O)cc1. The van der Waals surface area contributed by atoms with Gasteiger partial charge in [-0.15, -0.1) is 0 Å². The van der Waals surface area contributed by atoms with E-state index in [0.717, 1.165) is 5.56 Å². The van der Waals surface area contributed by atoms with E-state index in [1.807, 2.05) is 12.1 Å². The minimum absolute atomic E-state index is 0.379. The standard InChI is InChI=1S/C21H26N2O6/c1-21(2,19(24)25)29-15-10-8-14(9-11-15)12-13-22-20(26)23-18-16(27-3)6-5-7-17(18)28-4/h5-11H,12-13H2,1-4H3,(H,24,25)(H2,22,23,26). The number of rotatable bonds is 9. The van der Waals surface area contributed by atoms with Crippen LogP contribution in [0, 0.1) is 0 Å². The monoisotopic (exact) mass is 402 g/mol. The molecule has 29 heavy (non-hydrogen) atoms. The number of carboxylic acid groups (broad SMARTS) is 1. The zero-order valence-electron chi connectivity index (χ0n) is 16.9. The van der Waals surface area contributed by atoms with Crippen molar-refractivity contribution in [2.45, 2.75) is 25.9 Å². The summed E-state index contributed by atoms with van der Waals surface area (Å²) in [5.74, 6) is 0.428. The second-order valence-corrected chi connectivity index (χ2v) is 6.73. The summed E-state index contributed by atoms with van der Waals surface area (Å²) < 4.78 is 16.0. The van der Waals surface area contributed by atoms with Crippen LogP contribution in [0.2, 0.25) is 0 Å². The topological polar surface area (TPSA) is 106 Å². The van der Waals surface area contributed by atoms with Gasteiger partial charge >= 0.3 is 12.0 Å². The largest absolute Gasteiger partial charge is 0.494 e. The van der Waals surface area contributed by atoms with Crippen molar-refractivity contribution in [2.24, 2.45) is 0 Å². The summed E-state index contributed by atoms with van der Waals surface area (Å²) in [4.78, 5) is 23.3. The Morgan fingerprint density at radius 3 is 2.10 bits per heavy atom. The molecule has 3 N–H and O–H groups in total. The van der Waals surface area contributed by atoms with Gasteiger partial charge in [-0.05, 0) is 50.1 Å². The number of para-hydroxylation sites is 1. The quantitative estimate of drug-likeness (QED) is 0.594. The highest BCUT2D eigenvalue weighted by atomic mass is 16.5. The Kier molecular flexibility index (Phi) is 7.30. The summed E-state index contributed by atoms with van der Waals surface area (Å²) >= 11 is 0. The molecule has 0 aliphatic heterocycles. The van der Waals surface area contributed by atoms with Crippen LogP contribution in [-0.2, 0) is 11.2 Å². The van der Waals surface area contributed by atoms with Gasteiger partial charge in [0.1, 0.15) is 22.9 Å². The van der Waals surface area contributed by atoms with E-state index in [2.05, 4.69) is 10.6 Å². The molecule has 0 spiro atoms. The first kappa shape index (κ1) is 21.9. The molecule has 2 aromatic carbocycles. The minimum atomic E-state index is -1.30. The molecule has 2 aromatic rings. The number of nitrogens with one attached hydrogen (secondary N) is 2. The Labute approximate surface area is 169 Å². The highest BCUT2D eigenvalue weighted by molar-refractivity contribution is 5.93. The van der Waals surface area contributed by atoms with Crippen molar-refractivity contribution < 1.29 is 28.9 Å². The Bertz CT molecular complexity index is 826. The predicted molar refractivity (Wildman–Crippen MR) is 109 cm³/mol. The number of carbonyl (C=O) groups excluding carboxylic acids is 1. The zero-order valence-corrected chi connectivity index (χ0v) is 16.9. The number of urea groups is 1. The van der Waals surface area contributed by atoms with Crippen LogP contribution in [0.25, 0.3) is 0 Å². The van der Waals surface area contributed by atoms with E-state index in [1.54, 1.807) is 30.3 Å². The number of carboxylic acids is 1. The molecule has 0 atom stereocenters.